The van der Waals surface area contributed by atoms with Gasteiger partial charge in [-0.05, 0) is 17.7 Å². The molecule has 0 fully saturated rings. The second kappa shape index (κ2) is 7.12. The van der Waals surface area contributed by atoms with E-state index < -0.39 is 28.1 Å². The number of fused-ring (bicyclic) bond motifs is 2. The highest BCUT2D eigenvalue weighted by atomic mass is 16.6. The summed E-state index contributed by atoms with van der Waals surface area (Å²) >= 11 is 0. The van der Waals surface area contributed by atoms with Crippen LogP contribution in [0.2, 0.25) is 0 Å². The maximum absolute atomic E-state index is 12.9. The molecule has 29 heavy (non-hydrogen) atoms. The lowest BCUT2D eigenvalue weighted by Crippen LogP contribution is -2.27. The summed E-state index contributed by atoms with van der Waals surface area (Å²) in [6, 6.07) is 17.7. The Morgan fingerprint density at radius 1 is 0.828 bits per heavy atom. The van der Waals surface area contributed by atoms with Crippen molar-refractivity contribution in [3.8, 4) is 0 Å². The lowest BCUT2D eigenvalue weighted by Gasteiger charge is -2.18. The SMILES string of the molecule is O=C1c2ccccc2C(=O)c2c1ccc(C(=O)NCc1ccccc1)c2[N+](=O)[O-]. The molecule has 142 valence electrons. The highest BCUT2D eigenvalue weighted by Crippen LogP contribution is 2.35. The number of nitro benzene ring substituents is 1. The Labute approximate surface area is 165 Å². The summed E-state index contributed by atoms with van der Waals surface area (Å²) in [5, 5.41) is 14.4. The molecule has 0 saturated carbocycles. The number of nitro groups is 1. The third-order valence-electron chi connectivity index (χ3n) is 4.79. The van der Waals surface area contributed by atoms with E-state index in [1.165, 1.54) is 24.3 Å². The summed E-state index contributed by atoms with van der Waals surface area (Å²) in [7, 11) is 0. The van der Waals surface area contributed by atoms with E-state index in [9.17, 15) is 24.5 Å². The zero-order chi connectivity index (χ0) is 20.5. The molecular formula is C22H14N2O5. The van der Waals surface area contributed by atoms with E-state index in [1.807, 2.05) is 18.2 Å². The summed E-state index contributed by atoms with van der Waals surface area (Å²) in [6.07, 6.45) is 0. The van der Waals surface area contributed by atoms with Crippen LogP contribution < -0.4 is 5.32 Å². The third kappa shape index (κ3) is 3.08. The summed E-state index contributed by atoms with van der Waals surface area (Å²) in [4.78, 5) is 49.4. The fraction of sp³-hybridized carbons (Fsp3) is 0.0455. The molecule has 1 aliphatic rings. The molecule has 4 rings (SSSR count). The molecule has 0 aliphatic heterocycles. The molecule has 1 amide bonds. The van der Waals surface area contributed by atoms with Crippen LogP contribution in [-0.4, -0.2) is 22.4 Å². The molecule has 0 spiro atoms. The Bertz CT molecular complexity index is 1190. The first-order valence-corrected chi connectivity index (χ1v) is 8.81. The molecule has 0 atom stereocenters. The lowest BCUT2D eigenvalue weighted by molar-refractivity contribution is -0.385. The van der Waals surface area contributed by atoms with Gasteiger partial charge in [-0.15, -0.1) is 0 Å². The number of hydrogen-bond donors (Lipinski definition) is 1. The fourth-order valence-electron chi connectivity index (χ4n) is 3.42. The molecule has 1 N–H and O–H groups in total. The fourth-order valence-corrected chi connectivity index (χ4v) is 3.42. The second-order valence-electron chi connectivity index (χ2n) is 6.51. The van der Waals surface area contributed by atoms with Gasteiger partial charge in [-0.1, -0.05) is 54.6 Å². The molecule has 3 aromatic carbocycles. The molecule has 7 nitrogen and oxygen atoms in total. The number of nitrogens with zero attached hydrogens (tertiary/aromatic N) is 1. The van der Waals surface area contributed by atoms with Gasteiger partial charge in [0, 0.05) is 23.2 Å². The van der Waals surface area contributed by atoms with Crippen LogP contribution >= 0.6 is 0 Å². The number of carbonyl (C=O) groups excluding carboxylic acids is 3. The maximum Gasteiger partial charge on any atom is 0.294 e. The van der Waals surface area contributed by atoms with Crippen molar-refractivity contribution < 1.29 is 19.3 Å². The van der Waals surface area contributed by atoms with Gasteiger partial charge in [-0.3, -0.25) is 24.5 Å². The number of hydrogen-bond acceptors (Lipinski definition) is 5. The van der Waals surface area contributed by atoms with E-state index in [0.717, 1.165) is 5.56 Å². The van der Waals surface area contributed by atoms with Crippen LogP contribution in [0.25, 0.3) is 0 Å². The highest BCUT2D eigenvalue weighted by molar-refractivity contribution is 6.30. The molecule has 7 heteroatoms. The van der Waals surface area contributed by atoms with Crippen LogP contribution in [0.4, 0.5) is 5.69 Å². The van der Waals surface area contributed by atoms with Crippen molar-refractivity contribution in [3.05, 3.63) is 110 Å². The summed E-state index contributed by atoms with van der Waals surface area (Å²) in [6.45, 7) is 0.170. The van der Waals surface area contributed by atoms with E-state index in [1.54, 1.807) is 24.3 Å². The zero-order valence-corrected chi connectivity index (χ0v) is 15.0. The number of benzene rings is 3. The van der Waals surface area contributed by atoms with Gasteiger partial charge in [0.05, 0.1) is 4.92 Å². The maximum atomic E-state index is 12.9. The van der Waals surface area contributed by atoms with E-state index in [2.05, 4.69) is 5.32 Å². The van der Waals surface area contributed by atoms with Crippen LogP contribution in [0.1, 0.15) is 47.8 Å². The third-order valence-corrected chi connectivity index (χ3v) is 4.79. The summed E-state index contributed by atoms with van der Waals surface area (Å²) < 4.78 is 0. The monoisotopic (exact) mass is 386 g/mol. The minimum atomic E-state index is -0.782. The van der Waals surface area contributed by atoms with Gasteiger partial charge < -0.3 is 5.32 Å². The Kier molecular flexibility index (Phi) is 4.48. The molecule has 1 aliphatic carbocycles. The summed E-state index contributed by atoms with van der Waals surface area (Å²) in [5.41, 5.74) is -0.214. The van der Waals surface area contributed by atoms with Gasteiger partial charge >= 0.3 is 0 Å². The van der Waals surface area contributed by atoms with Gasteiger partial charge in [0.15, 0.2) is 5.78 Å². The number of nitrogens with one attached hydrogen (secondary N) is 1. The van der Waals surface area contributed by atoms with Gasteiger partial charge in [0.1, 0.15) is 11.1 Å². The minimum Gasteiger partial charge on any atom is -0.348 e. The molecule has 0 unspecified atom stereocenters. The predicted molar refractivity (Wildman–Crippen MR) is 104 cm³/mol. The Morgan fingerprint density at radius 2 is 1.45 bits per heavy atom. The van der Waals surface area contributed by atoms with Gasteiger partial charge in [-0.2, -0.15) is 0 Å². The van der Waals surface area contributed by atoms with E-state index in [-0.39, 0.29) is 34.4 Å². The lowest BCUT2D eigenvalue weighted by atomic mass is 9.82. The standard InChI is InChI=1S/C22H14N2O5/c25-20-14-8-4-5-9-15(14)21(26)18-16(20)10-11-17(19(18)24(28)29)22(27)23-12-13-6-2-1-3-7-13/h1-11H,12H2,(H,23,27). The molecule has 0 aromatic heterocycles. The van der Waals surface area contributed by atoms with Crippen LogP contribution in [0.15, 0.2) is 66.7 Å². The highest BCUT2D eigenvalue weighted by Gasteiger charge is 2.38. The Balaban J connectivity index is 1.78. The quantitative estimate of drug-likeness (QED) is 0.428. The van der Waals surface area contributed by atoms with Crippen LogP contribution in [-0.2, 0) is 6.54 Å². The van der Waals surface area contributed by atoms with E-state index in [0.29, 0.717) is 0 Å². The molecular weight excluding hydrogens is 372 g/mol. The normalized spacial score (nSPS) is 12.1. The molecule has 0 bridgehead atoms. The van der Waals surface area contributed by atoms with Gasteiger partial charge in [-0.25, -0.2) is 0 Å². The van der Waals surface area contributed by atoms with Crippen molar-refractivity contribution in [2.24, 2.45) is 0 Å². The van der Waals surface area contributed by atoms with Crippen LogP contribution in [0.5, 0.6) is 0 Å². The first-order valence-electron chi connectivity index (χ1n) is 8.81. The topological polar surface area (TPSA) is 106 Å². The van der Waals surface area contributed by atoms with Crippen LogP contribution in [0, 0.1) is 10.1 Å². The van der Waals surface area contributed by atoms with Crippen LogP contribution in [0.3, 0.4) is 0 Å². The van der Waals surface area contributed by atoms with Gasteiger partial charge in [0.2, 0.25) is 5.78 Å². The van der Waals surface area contributed by atoms with Gasteiger partial charge in [0.25, 0.3) is 11.6 Å². The van der Waals surface area contributed by atoms with Crippen molar-refractivity contribution in [1.82, 2.24) is 5.32 Å². The second-order valence-corrected chi connectivity index (χ2v) is 6.51. The molecule has 3 aromatic rings. The molecule has 0 radical (unpaired) electrons. The van der Waals surface area contributed by atoms with Crippen molar-refractivity contribution in [2.45, 2.75) is 6.54 Å². The first-order chi connectivity index (χ1) is 14.0. The number of rotatable bonds is 4. The molecule has 0 heterocycles. The summed E-state index contributed by atoms with van der Waals surface area (Å²) in [5.74, 6) is -1.81. The number of amides is 1. The Morgan fingerprint density at radius 3 is 2.10 bits per heavy atom. The first kappa shape index (κ1) is 18.2. The van der Waals surface area contributed by atoms with Crippen molar-refractivity contribution in [1.29, 1.82) is 0 Å². The van der Waals surface area contributed by atoms with Crippen molar-refractivity contribution in [2.75, 3.05) is 0 Å². The Hall–Kier alpha value is -4.13. The largest absolute Gasteiger partial charge is 0.348 e. The van der Waals surface area contributed by atoms with E-state index >= 15 is 0 Å². The number of carbonyl (C=O) groups is 3. The van der Waals surface area contributed by atoms with Crippen molar-refractivity contribution in [3.63, 3.8) is 0 Å². The van der Waals surface area contributed by atoms with Crippen molar-refractivity contribution >= 4 is 23.2 Å². The molecule has 0 saturated heterocycles. The minimum absolute atomic E-state index is 0.0694. The zero-order valence-electron chi connectivity index (χ0n) is 15.0. The average Bonchev–Trinajstić information content (AvgIpc) is 2.75. The predicted octanol–water partition coefficient (Wildman–Crippen LogP) is 3.30. The van der Waals surface area contributed by atoms with E-state index in [4.69, 9.17) is 0 Å². The number of ketones is 2. The average molecular weight is 386 g/mol. The smallest absolute Gasteiger partial charge is 0.294 e.